The van der Waals surface area contributed by atoms with Crippen LogP contribution in [0.2, 0.25) is 0 Å². The lowest BCUT2D eigenvalue weighted by atomic mass is 10.1. The highest BCUT2D eigenvalue weighted by molar-refractivity contribution is 7.59. The van der Waals surface area contributed by atoms with E-state index in [-0.39, 0.29) is 25.5 Å². The van der Waals surface area contributed by atoms with Crippen molar-refractivity contribution in [1.82, 2.24) is 25.2 Å². The number of nitrogens with one attached hydrogen (secondary N) is 2. The zero-order chi connectivity index (χ0) is 32.6. The quantitative estimate of drug-likeness (QED) is 0.183. The summed E-state index contributed by atoms with van der Waals surface area (Å²) in [4.78, 5) is 40.5. The number of alkyl carbamates (subject to hydrolysis) is 1. The van der Waals surface area contributed by atoms with Gasteiger partial charge in [-0.05, 0) is 110 Å². The third-order valence-corrected chi connectivity index (χ3v) is 7.01. The van der Waals surface area contributed by atoms with Gasteiger partial charge >= 0.3 is 12.1 Å². The van der Waals surface area contributed by atoms with Crippen molar-refractivity contribution in [3.05, 3.63) is 60.0 Å². The molecule has 3 aromatic rings. The number of likely N-dealkylation sites (tertiary alicyclic amines) is 1. The number of esters is 1. The summed E-state index contributed by atoms with van der Waals surface area (Å²) in [6.45, 7) is 13.1. The van der Waals surface area contributed by atoms with Crippen molar-refractivity contribution in [2.24, 2.45) is 0 Å². The summed E-state index contributed by atoms with van der Waals surface area (Å²) in [6, 6.07) is 11.4. The van der Waals surface area contributed by atoms with Crippen LogP contribution in [0.15, 0.2) is 48.8 Å². The number of aryl methyl sites for hydroxylation is 1. The molecule has 11 nitrogen and oxygen atoms in total. The first-order valence-corrected chi connectivity index (χ1v) is 15.5. The Kier molecular flexibility index (Phi) is 12.8. The molecule has 1 aliphatic rings. The SMILES string of the molecule is COc1ccc(Nc2nccc(-c3ccc(CCCNC(=O)OC(C)(C)C)nc3)n2)cc1CN1CCCC1C(=O)OC(C)(C)C.S. The highest BCUT2D eigenvalue weighted by Crippen LogP contribution is 2.30. The van der Waals surface area contributed by atoms with Gasteiger partial charge in [0.2, 0.25) is 5.95 Å². The molecular weight excluding hydrogens is 604 g/mol. The van der Waals surface area contributed by atoms with Crippen molar-refractivity contribution in [3.8, 4) is 17.0 Å². The number of hydrogen-bond donors (Lipinski definition) is 2. The number of carbonyl (C=O) groups is 2. The number of anilines is 2. The number of ether oxygens (including phenoxy) is 3. The average Bonchev–Trinajstić information content (AvgIpc) is 3.43. The van der Waals surface area contributed by atoms with E-state index in [4.69, 9.17) is 19.2 Å². The Hall–Kier alpha value is -3.90. The smallest absolute Gasteiger partial charge is 0.407 e. The first-order valence-electron chi connectivity index (χ1n) is 15.5. The van der Waals surface area contributed by atoms with Crippen LogP contribution in [0.5, 0.6) is 5.75 Å². The predicted octanol–water partition coefficient (Wildman–Crippen LogP) is 6.17. The van der Waals surface area contributed by atoms with Crippen LogP contribution in [0, 0.1) is 0 Å². The molecule has 250 valence electrons. The van der Waals surface area contributed by atoms with Crippen molar-refractivity contribution in [3.63, 3.8) is 0 Å². The Labute approximate surface area is 279 Å². The Bertz CT molecular complexity index is 1460. The van der Waals surface area contributed by atoms with Gasteiger partial charge in [-0.1, -0.05) is 0 Å². The minimum atomic E-state index is -0.526. The maximum atomic E-state index is 12.9. The van der Waals surface area contributed by atoms with E-state index in [1.165, 1.54) is 0 Å². The van der Waals surface area contributed by atoms with Crippen molar-refractivity contribution in [1.29, 1.82) is 0 Å². The minimum Gasteiger partial charge on any atom is -0.496 e. The van der Waals surface area contributed by atoms with Gasteiger partial charge in [0, 0.05) is 48.0 Å². The van der Waals surface area contributed by atoms with E-state index in [2.05, 4.69) is 25.5 Å². The van der Waals surface area contributed by atoms with Crippen molar-refractivity contribution < 1.29 is 23.8 Å². The summed E-state index contributed by atoms with van der Waals surface area (Å²) < 4.78 is 16.6. The maximum absolute atomic E-state index is 12.9. The van der Waals surface area contributed by atoms with E-state index in [0.717, 1.165) is 66.2 Å². The van der Waals surface area contributed by atoms with Gasteiger partial charge < -0.3 is 24.8 Å². The molecule has 0 radical (unpaired) electrons. The van der Waals surface area contributed by atoms with Crippen molar-refractivity contribution in [2.75, 3.05) is 25.5 Å². The molecule has 0 bridgehead atoms. The second-order valence-corrected chi connectivity index (χ2v) is 13.1. The van der Waals surface area contributed by atoms with Gasteiger partial charge in [-0.2, -0.15) is 13.5 Å². The number of nitrogens with zero attached hydrogens (tertiary/aromatic N) is 4. The van der Waals surface area contributed by atoms with E-state index in [9.17, 15) is 9.59 Å². The van der Waals surface area contributed by atoms with E-state index >= 15 is 0 Å². The molecule has 46 heavy (non-hydrogen) atoms. The number of hydrogen-bond acceptors (Lipinski definition) is 10. The third kappa shape index (κ3) is 11.2. The zero-order valence-corrected chi connectivity index (χ0v) is 29.0. The maximum Gasteiger partial charge on any atom is 0.407 e. The molecule has 0 spiro atoms. The lowest BCUT2D eigenvalue weighted by molar-refractivity contribution is -0.160. The second kappa shape index (κ2) is 16.1. The number of benzene rings is 1. The van der Waals surface area contributed by atoms with E-state index in [1.807, 2.05) is 77.9 Å². The molecule has 1 saturated heterocycles. The Balaban J connectivity index is 0.00000576. The molecule has 1 fully saturated rings. The third-order valence-electron chi connectivity index (χ3n) is 7.01. The van der Waals surface area contributed by atoms with Crippen LogP contribution in [0.1, 0.15) is 72.1 Å². The molecule has 2 N–H and O–H groups in total. The molecule has 4 rings (SSSR count). The number of carbonyl (C=O) groups excluding carboxylic acids is 2. The van der Waals surface area contributed by atoms with Crippen molar-refractivity contribution in [2.45, 2.75) is 91.0 Å². The van der Waals surface area contributed by atoms with E-state index in [1.54, 1.807) is 19.5 Å². The minimum absolute atomic E-state index is 0. The predicted molar refractivity (Wildman–Crippen MR) is 184 cm³/mol. The van der Waals surface area contributed by atoms with Gasteiger partial charge in [-0.25, -0.2) is 14.8 Å². The average molecular weight is 653 g/mol. The van der Waals surface area contributed by atoms with Gasteiger partial charge in [0.05, 0.1) is 12.8 Å². The fourth-order valence-electron chi connectivity index (χ4n) is 5.06. The standard InChI is InChI=1S/C34H46N6O5.H2S/c1-33(2,3)44-30(41)28-11-9-19-40(28)22-24-20-26(14-15-29(24)43-7)38-31-35-18-16-27(39-31)23-12-13-25(37-21-23)10-8-17-36-32(42)45-34(4,5)6;/h12-16,18,20-21,28H,8-11,17,19,22H2,1-7H3,(H,36,42)(H,35,38,39);1H2. The highest BCUT2D eigenvalue weighted by Gasteiger charge is 2.34. The van der Waals surface area contributed by atoms with Gasteiger partial charge in [-0.3, -0.25) is 14.7 Å². The molecule has 0 aliphatic carbocycles. The van der Waals surface area contributed by atoms with E-state index in [0.29, 0.717) is 19.0 Å². The molecule has 1 aliphatic heterocycles. The summed E-state index contributed by atoms with van der Waals surface area (Å²) >= 11 is 0. The second-order valence-electron chi connectivity index (χ2n) is 13.1. The van der Waals surface area contributed by atoms with Crippen LogP contribution >= 0.6 is 13.5 Å². The van der Waals surface area contributed by atoms with Crippen LogP contribution in [0.3, 0.4) is 0 Å². The van der Waals surface area contributed by atoms with Crippen LogP contribution < -0.4 is 15.4 Å². The Morgan fingerprint density at radius 3 is 2.43 bits per heavy atom. The number of pyridine rings is 1. The number of aromatic nitrogens is 3. The van der Waals surface area contributed by atoms with Gasteiger partial charge in [0.1, 0.15) is 23.0 Å². The summed E-state index contributed by atoms with van der Waals surface area (Å²) in [6.07, 6.45) is 6.27. The topological polar surface area (TPSA) is 128 Å². The summed E-state index contributed by atoms with van der Waals surface area (Å²) in [5.74, 6) is 1.02. The Morgan fingerprint density at radius 1 is 1.00 bits per heavy atom. The first kappa shape index (κ1) is 36.6. The van der Waals surface area contributed by atoms with Crippen LogP contribution in [-0.2, 0) is 27.2 Å². The van der Waals surface area contributed by atoms with Gasteiger partial charge in [0.25, 0.3) is 0 Å². The summed E-state index contributed by atoms with van der Waals surface area (Å²) in [5.41, 5.74) is 3.26. The highest BCUT2D eigenvalue weighted by atomic mass is 32.1. The molecule has 1 aromatic carbocycles. The normalized spacial score (nSPS) is 15.1. The zero-order valence-electron chi connectivity index (χ0n) is 28.0. The lowest BCUT2D eigenvalue weighted by Crippen LogP contribution is -2.40. The number of rotatable bonds is 11. The molecule has 3 heterocycles. The van der Waals surface area contributed by atoms with E-state index < -0.39 is 17.3 Å². The summed E-state index contributed by atoms with van der Waals surface area (Å²) in [5, 5.41) is 6.08. The molecular formula is C34H48N6O5S. The largest absolute Gasteiger partial charge is 0.496 e. The first-order chi connectivity index (χ1) is 21.3. The molecule has 1 amide bonds. The van der Waals surface area contributed by atoms with Crippen LogP contribution in [0.4, 0.5) is 16.4 Å². The fourth-order valence-corrected chi connectivity index (χ4v) is 5.06. The fraction of sp³-hybridized carbons (Fsp3) is 0.500. The monoisotopic (exact) mass is 652 g/mol. The van der Waals surface area contributed by atoms with Gasteiger partial charge in [0.15, 0.2) is 0 Å². The number of amides is 1. The molecule has 2 aromatic heterocycles. The number of methoxy groups -OCH3 is 1. The molecule has 0 saturated carbocycles. The summed E-state index contributed by atoms with van der Waals surface area (Å²) in [7, 11) is 1.65. The van der Waals surface area contributed by atoms with Crippen LogP contribution in [-0.4, -0.2) is 69.4 Å². The van der Waals surface area contributed by atoms with Crippen molar-refractivity contribution >= 4 is 37.2 Å². The lowest BCUT2D eigenvalue weighted by Gasteiger charge is -2.27. The van der Waals surface area contributed by atoms with Gasteiger partial charge in [-0.15, -0.1) is 0 Å². The molecule has 1 unspecified atom stereocenters. The molecule has 12 heteroatoms. The van der Waals surface area contributed by atoms with Crippen LogP contribution in [0.25, 0.3) is 11.3 Å². The Morgan fingerprint density at radius 2 is 1.76 bits per heavy atom. The molecule has 1 atom stereocenters.